The van der Waals surface area contributed by atoms with Gasteiger partial charge in [-0.05, 0) is 29.5 Å². The van der Waals surface area contributed by atoms with Crippen molar-refractivity contribution < 1.29 is 4.79 Å². The van der Waals surface area contributed by atoms with Crippen LogP contribution in [0.4, 0.5) is 0 Å². The molecule has 25 heavy (non-hydrogen) atoms. The molecule has 3 nitrogen and oxygen atoms in total. The minimum absolute atomic E-state index is 0.192. The fourth-order valence-corrected chi connectivity index (χ4v) is 3.96. The molecule has 130 valence electrons. The number of nitrogens with zero attached hydrogens (tertiary/aromatic N) is 2. The second-order valence-electron chi connectivity index (χ2n) is 7.05. The fourth-order valence-electron chi connectivity index (χ4n) is 3.76. The molecule has 4 heteroatoms. The average molecular weight is 355 g/mol. The van der Waals surface area contributed by atoms with E-state index in [-0.39, 0.29) is 5.92 Å². The van der Waals surface area contributed by atoms with Crippen LogP contribution in [0.5, 0.6) is 0 Å². The third-order valence-corrected chi connectivity index (χ3v) is 5.74. The summed E-state index contributed by atoms with van der Waals surface area (Å²) in [4.78, 5) is 17.2. The number of amides is 1. The number of hydrogen-bond donors (Lipinski definition) is 0. The van der Waals surface area contributed by atoms with Crippen molar-refractivity contribution >= 4 is 17.5 Å². The zero-order chi connectivity index (χ0) is 17.2. The number of hydrogen-bond acceptors (Lipinski definition) is 2. The van der Waals surface area contributed by atoms with Gasteiger partial charge in [0, 0.05) is 43.7 Å². The summed E-state index contributed by atoms with van der Waals surface area (Å²) in [5, 5.41) is 0.824. The van der Waals surface area contributed by atoms with Crippen molar-refractivity contribution in [3.63, 3.8) is 0 Å². The van der Waals surface area contributed by atoms with Gasteiger partial charge < -0.3 is 4.90 Å². The van der Waals surface area contributed by atoms with E-state index in [2.05, 4.69) is 40.1 Å². The highest BCUT2D eigenvalue weighted by Crippen LogP contribution is 2.48. The molecule has 1 aliphatic carbocycles. The second kappa shape index (κ2) is 7.19. The summed E-state index contributed by atoms with van der Waals surface area (Å²) in [6.45, 7) is 4.33. The number of rotatable bonds is 4. The number of carbonyl (C=O) groups is 1. The van der Waals surface area contributed by atoms with Gasteiger partial charge in [0.15, 0.2) is 0 Å². The van der Waals surface area contributed by atoms with Gasteiger partial charge in [-0.15, -0.1) is 0 Å². The number of carbonyl (C=O) groups excluding carboxylic acids is 1. The van der Waals surface area contributed by atoms with Crippen LogP contribution in [0.2, 0.25) is 5.02 Å². The molecule has 0 unspecified atom stereocenters. The fraction of sp³-hybridized carbons (Fsp3) is 0.381. The van der Waals surface area contributed by atoms with Crippen LogP contribution in [0.15, 0.2) is 54.6 Å². The summed E-state index contributed by atoms with van der Waals surface area (Å²) in [5.74, 6) is 0.957. The van der Waals surface area contributed by atoms with Crippen molar-refractivity contribution in [2.45, 2.75) is 18.9 Å². The molecular formula is C21H23ClN2O. The van der Waals surface area contributed by atoms with Gasteiger partial charge >= 0.3 is 0 Å². The zero-order valence-corrected chi connectivity index (χ0v) is 15.0. The van der Waals surface area contributed by atoms with Crippen LogP contribution in [0.25, 0.3) is 0 Å². The molecule has 0 bridgehead atoms. The maximum Gasteiger partial charge on any atom is 0.226 e. The molecule has 1 aliphatic heterocycles. The largest absolute Gasteiger partial charge is 0.340 e. The first-order chi connectivity index (χ1) is 12.2. The highest BCUT2D eigenvalue weighted by atomic mass is 35.5. The summed E-state index contributed by atoms with van der Waals surface area (Å²) in [5.41, 5.74) is 2.47. The van der Waals surface area contributed by atoms with Crippen LogP contribution in [-0.2, 0) is 11.3 Å². The molecule has 1 heterocycles. The van der Waals surface area contributed by atoms with Gasteiger partial charge in [-0.2, -0.15) is 0 Å². The minimum atomic E-state index is 0.192. The molecule has 0 N–H and O–H groups in total. The van der Waals surface area contributed by atoms with Gasteiger partial charge in [0.1, 0.15) is 0 Å². The molecule has 2 atom stereocenters. The van der Waals surface area contributed by atoms with Crippen molar-refractivity contribution in [1.82, 2.24) is 9.80 Å². The number of halogens is 1. The van der Waals surface area contributed by atoms with E-state index in [4.69, 9.17) is 11.6 Å². The van der Waals surface area contributed by atoms with Gasteiger partial charge in [-0.3, -0.25) is 9.69 Å². The van der Waals surface area contributed by atoms with E-state index >= 15 is 0 Å². The Kier molecular flexibility index (Phi) is 4.78. The average Bonchev–Trinajstić information content (AvgIpc) is 3.45. The van der Waals surface area contributed by atoms with E-state index in [1.807, 2.05) is 24.3 Å². The van der Waals surface area contributed by atoms with E-state index in [1.54, 1.807) is 0 Å². The van der Waals surface area contributed by atoms with E-state index in [0.717, 1.165) is 49.7 Å². The highest BCUT2D eigenvalue weighted by molar-refractivity contribution is 6.31. The molecule has 1 saturated heterocycles. The number of benzene rings is 2. The van der Waals surface area contributed by atoms with Crippen molar-refractivity contribution in [1.29, 1.82) is 0 Å². The van der Waals surface area contributed by atoms with Crippen molar-refractivity contribution in [3.8, 4) is 0 Å². The Morgan fingerprint density at radius 2 is 1.64 bits per heavy atom. The lowest BCUT2D eigenvalue weighted by Gasteiger charge is -2.35. The van der Waals surface area contributed by atoms with Gasteiger partial charge in [0.2, 0.25) is 5.91 Å². The van der Waals surface area contributed by atoms with Crippen molar-refractivity contribution in [2.75, 3.05) is 26.2 Å². The maximum absolute atomic E-state index is 12.7. The Balaban J connectivity index is 1.29. The van der Waals surface area contributed by atoms with Crippen LogP contribution in [-0.4, -0.2) is 41.9 Å². The van der Waals surface area contributed by atoms with Crippen LogP contribution in [0.1, 0.15) is 23.5 Å². The summed E-state index contributed by atoms with van der Waals surface area (Å²) >= 11 is 6.26. The van der Waals surface area contributed by atoms with Crippen LogP contribution >= 0.6 is 11.6 Å². The number of piperazine rings is 1. The predicted molar refractivity (Wildman–Crippen MR) is 101 cm³/mol. The molecule has 1 amide bonds. The Labute approximate surface area is 154 Å². The molecule has 0 radical (unpaired) electrons. The second-order valence-corrected chi connectivity index (χ2v) is 7.46. The molecule has 2 aliphatic rings. The third-order valence-electron chi connectivity index (χ3n) is 5.37. The Morgan fingerprint density at radius 1 is 0.960 bits per heavy atom. The summed E-state index contributed by atoms with van der Waals surface area (Å²) in [7, 11) is 0. The molecule has 0 spiro atoms. The summed E-state index contributed by atoms with van der Waals surface area (Å²) in [6, 6.07) is 18.4. The lowest BCUT2D eigenvalue weighted by molar-refractivity contribution is -0.134. The highest BCUT2D eigenvalue weighted by Gasteiger charge is 2.45. The molecule has 2 fully saturated rings. The predicted octanol–water partition coefficient (Wildman–Crippen LogP) is 3.79. The van der Waals surface area contributed by atoms with Gasteiger partial charge in [-0.25, -0.2) is 0 Å². The first kappa shape index (κ1) is 16.6. The van der Waals surface area contributed by atoms with Crippen LogP contribution in [0.3, 0.4) is 0 Å². The topological polar surface area (TPSA) is 23.6 Å². The smallest absolute Gasteiger partial charge is 0.226 e. The molecule has 1 saturated carbocycles. The van der Waals surface area contributed by atoms with E-state index in [1.165, 1.54) is 5.56 Å². The Morgan fingerprint density at radius 3 is 2.36 bits per heavy atom. The van der Waals surface area contributed by atoms with Crippen molar-refractivity contribution in [3.05, 3.63) is 70.7 Å². The molecule has 2 aromatic rings. The molecule has 2 aromatic carbocycles. The Hall–Kier alpha value is -1.84. The first-order valence-electron chi connectivity index (χ1n) is 9.02. The van der Waals surface area contributed by atoms with E-state index in [0.29, 0.717) is 11.8 Å². The lowest BCUT2D eigenvalue weighted by Crippen LogP contribution is -2.48. The first-order valence-corrected chi connectivity index (χ1v) is 9.39. The minimum Gasteiger partial charge on any atom is -0.340 e. The summed E-state index contributed by atoms with van der Waals surface area (Å²) < 4.78 is 0. The standard InChI is InChI=1S/C21H23ClN2O/c22-20-9-5-4-8-17(20)15-23-10-12-24(13-11-23)21(25)19-14-18(19)16-6-2-1-3-7-16/h1-9,18-19H,10-15H2/t18-,19-/m1/s1. The Bertz CT molecular complexity index is 741. The van der Waals surface area contributed by atoms with Gasteiger partial charge in [0.05, 0.1) is 0 Å². The van der Waals surface area contributed by atoms with Gasteiger partial charge in [0.25, 0.3) is 0 Å². The quantitative estimate of drug-likeness (QED) is 0.834. The molecule has 4 rings (SSSR count). The van der Waals surface area contributed by atoms with Crippen LogP contribution < -0.4 is 0 Å². The van der Waals surface area contributed by atoms with Crippen LogP contribution in [0, 0.1) is 5.92 Å². The van der Waals surface area contributed by atoms with E-state index < -0.39 is 0 Å². The third kappa shape index (κ3) is 3.73. The van der Waals surface area contributed by atoms with Gasteiger partial charge in [-0.1, -0.05) is 60.1 Å². The zero-order valence-electron chi connectivity index (χ0n) is 14.3. The van der Waals surface area contributed by atoms with Crippen molar-refractivity contribution in [2.24, 2.45) is 5.92 Å². The normalized spacial score (nSPS) is 23.5. The SMILES string of the molecule is O=C([C@@H]1C[C@@H]1c1ccccc1)N1CCN(Cc2ccccc2Cl)CC1. The lowest BCUT2D eigenvalue weighted by atomic mass is 10.1. The monoisotopic (exact) mass is 354 g/mol. The summed E-state index contributed by atoms with van der Waals surface area (Å²) in [6.07, 6.45) is 1.00. The molecule has 0 aromatic heterocycles. The molecular weight excluding hydrogens is 332 g/mol. The maximum atomic E-state index is 12.7. The van der Waals surface area contributed by atoms with E-state index in [9.17, 15) is 4.79 Å².